The number of hydrogen-bond acceptors (Lipinski definition) is 3. The van der Waals surface area contributed by atoms with Gasteiger partial charge >= 0.3 is 0 Å². The zero-order valence-corrected chi connectivity index (χ0v) is 18.0. The van der Waals surface area contributed by atoms with Crippen LogP contribution < -0.4 is 9.80 Å². The van der Waals surface area contributed by atoms with Gasteiger partial charge in [-0.05, 0) is 49.6 Å². The summed E-state index contributed by atoms with van der Waals surface area (Å²) in [6, 6.07) is 13.8. The highest BCUT2D eigenvalue weighted by Gasteiger charge is 2.39. The summed E-state index contributed by atoms with van der Waals surface area (Å²) in [7, 11) is 0. The number of likely N-dealkylation sites (tertiary alicyclic amines) is 1. The molecule has 2 aliphatic heterocycles. The van der Waals surface area contributed by atoms with E-state index in [9.17, 15) is 9.59 Å². The summed E-state index contributed by atoms with van der Waals surface area (Å²) >= 11 is 0. The molecule has 1 fully saturated rings. The lowest BCUT2D eigenvalue weighted by Crippen LogP contribution is -3.13. The highest BCUT2D eigenvalue weighted by atomic mass is 16.2. The number of fused-ring (bicyclic) bond motifs is 1. The number of benzene rings is 2. The van der Waals surface area contributed by atoms with Crippen molar-refractivity contribution in [2.24, 2.45) is 4.99 Å². The van der Waals surface area contributed by atoms with Crippen LogP contribution in [-0.4, -0.2) is 43.7 Å². The van der Waals surface area contributed by atoms with Gasteiger partial charge in [-0.3, -0.25) is 14.6 Å². The van der Waals surface area contributed by atoms with Gasteiger partial charge in [-0.1, -0.05) is 30.3 Å². The lowest BCUT2D eigenvalue weighted by atomic mass is 9.88. The molecule has 5 nitrogen and oxygen atoms in total. The summed E-state index contributed by atoms with van der Waals surface area (Å²) in [6.07, 6.45) is 4.20. The van der Waals surface area contributed by atoms with Gasteiger partial charge in [0, 0.05) is 24.6 Å². The number of quaternary nitrogens is 1. The van der Waals surface area contributed by atoms with Crippen molar-refractivity contribution in [3.63, 3.8) is 0 Å². The van der Waals surface area contributed by atoms with E-state index in [1.807, 2.05) is 56.3 Å². The number of rotatable bonds is 5. The molecule has 156 valence electrons. The van der Waals surface area contributed by atoms with Gasteiger partial charge in [0.05, 0.1) is 31.2 Å². The van der Waals surface area contributed by atoms with Crippen molar-refractivity contribution in [2.75, 3.05) is 24.5 Å². The van der Waals surface area contributed by atoms with E-state index in [2.05, 4.69) is 6.92 Å². The van der Waals surface area contributed by atoms with E-state index in [0.29, 0.717) is 17.3 Å². The van der Waals surface area contributed by atoms with Crippen LogP contribution in [0.25, 0.3) is 0 Å². The smallest absolute Gasteiger partial charge is 0.265 e. The molecule has 3 atom stereocenters. The largest absolute Gasteiger partial charge is 0.331 e. The number of anilines is 1. The van der Waals surface area contributed by atoms with E-state index in [4.69, 9.17) is 4.99 Å². The SMILES string of the molecule is CC[NH+]1CCC[C@@H]1CN=CC1C(=O)N(c2cc(C)ccc2C)C(=O)c2ccccc21. The Morgan fingerprint density at radius 3 is 2.77 bits per heavy atom. The quantitative estimate of drug-likeness (QED) is 0.615. The van der Waals surface area contributed by atoms with Crippen LogP contribution in [0.2, 0.25) is 0 Å². The molecule has 0 radical (unpaired) electrons. The zero-order valence-electron chi connectivity index (χ0n) is 18.0. The summed E-state index contributed by atoms with van der Waals surface area (Å²) in [5.41, 5.74) is 3.92. The molecule has 30 heavy (non-hydrogen) atoms. The number of imide groups is 1. The van der Waals surface area contributed by atoms with E-state index < -0.39 is 5.92 Å². The first-order valence-electron chi connectivity index (χ1n) is 10.9. The number of carbonyl (C=O) groups is 2. The molecule has 4 rings (SSSR count). The van der Waals surface area contributed by atoms with Gasteiger partial charge < -0.3 is 4.90 Å². The summed E-state index contributed by atoms with van der Waals surface area (Å²) in [5.74, 6) is -1.01. The molecule has 2 heterocycles. The van der Waals surface area contributed by atoms with Crippen molar-refractivity contribution < 1.29 is 14.5 Å². The number of carbonyl (C=O) groups excluding carboxylic acids is 2. The Balaban J connectivity index is 1.68. The van der Waals surface area contributed by atoms with Gasteiger partial charge in [-0.25, -0.2) is 4.90 Å². The Labute approximate surface area is 178 Å². The molecule has 2 aromatic carbocycles. The predicted octanol–water partition coefficient (Wildman–Crippen LogP) is 2.71. The second-order valence-corrected chi connectivity index (χ2v) is 8.45. The molecule has 2 aromatic rings. The number of aliphatic imine (C=N–C) groups is 1. The molecule has 0 spiro atoms. The van der Waals surface area contributed by atoms with Crippen LogP contribution in [0.3, 0.4) is 0 Å². The number of amides is 2. The molecule has 2 amide bonds. The number of nitrogens with zero attached hydrogens (tertiary/aromatic N) is 2. The number of likely N-dealkylation sites (N-methyl/N-ethyl adjacent to an activating group) is 1. The fourth-order valence-corrected chi connectivity index (χ4v) is 4.75. The van der Waals surface area contributed by atoms with Gasteiger partial charge in [0.1, 0.15) is 6.04 Å². The average Bonchev–Trinajstić information content (AvgIpc) is 3.20. The first-order chi connectivity index (χ1) is 14.5. The van der Waals surface area contributed by atoms with Crippen molar-refractivity contribution in [3.8, 4) is 0 Å². The minimum Gasteiger partial charge on any atom is -0.331 e. The fraction of sp³-hybridized carbons (Fsp3) is 0.400. The Morgan fingerprint density at radius 2 is 1.97 bits per heavy atom. The van der Waals surface area contributed by atoms with Crippen LogP contribution in [0.5, 0.6) is 0 Å². The predicted molar refractivity (Wildman–Crippen MR) is 120 cm³/mol. The van der Waals surface area contributed by atoms with E-state index in [1.54, 1.807) is 11.1 Å². The number of nitrogens with one attached hydrogen (secondary N) is 1. The van der Waals surface area contributed by atoms with Crippen LogP contribution in [0.4, 0.5) is 5.69 Å². The van der Waals surface area contributed by atoms with E-state index >= 15 is 0 Å². The third-order valence-electron chi connectivity index (χ3n) is 6.48. The Kier molecular flexibility index (Phi) is 5.82. The highest BCUT2D eigenvalue weighted by molar-refractivity contribution is 6.29. The maximum absolute atomic E-state index is 13.5. The normalized spacial score (nSPS) is 24.0. The topological polar surface area (TPSA) is 54.2 Å². The Hall–Kier alpha value is -2.79. The van der Waals surface area contributed by atoms with Gasteiger partial charge in [0.15, 0.2) is 0 Å². The second-order valence-electron chi connectivity index (χ2n) is 8.45. The van der Waals surface area contributed by atoms with Crippen molar-refractivity contribution in [2.45, 2.75) is 45.6 Å². The zero-order chi connectivity index (χ0) is 21.3. The first kappa shape index (κ1) is 20.5. The molecule has 0 saturated carbocycles. The van der Waals surface area contributed by atoms with Gasteiger partial charge in [0.25, 0.3) is 5.91 Å². The van der Waals surface area contributed by atoms with E-state index in [1.165, 1.54) is 24.3 Å². The van der Waals surface area contributed by atoms with Crippen molar-refractivity contribution in [1.29, 1.82) is 0 Å². The maximum atomic E-state index is 13.5. The lowest BCUT2D eigenvalue weighted by Gasteiger charge is -2.32. The monoisotopic (exact) mass is 404 g/mol. The Morgan fingerprint density at radius 1 is 1.17 bits per heavy atom. The van der Waals surface area contributed by atoms with Gasteiger partial charge in [-0.2, -0.15) is 0 Å². The van der Waals surface area contributed by atoms with Crippen LogP contribution in [0.15, 0.2) is 47.5 Å². The minimum atomic E-state index is -0.537. The summed E-state index contributed by atoms with van der Waals surface area (Å²) in [5, 5.41) is 0. The maximum Gasteiger partial charge on any atom is 0.265 e. The minimum absolute atomic E-state index is 0.220. The first-order valence-corrected chi connectivity index (χ1v) is 10.9. The second kappa shape index (κ2) is 8.52. The average molecular weight is 405 g/mol. The molecule has 1 saturated heterocycles. The summed E-state index contributed by atoms with van der Waals surface area (Å²) in [4.78, 5) is 34.4. The van der Waals surface area contributed by atoms with Crippen LogP contribution in [-0.2, 0) is 4.79 Å². The summed E-state index contributed by atoms with van der Waals surface area (Å²) in [6.45, 7) is 9.16. The van der Waals surface area contributed by atoms with Crippen molar-refractivity contribution in [3.05, 3.63) is 64.7 Å². The lowest BCUT2D eigenvalue weighted by molar-refractivity contribution is -0.908. The molecular formula is C25H30N3O2+. The molecular weight excluding hydrogens is 374 g/mol. The molecule has 2 aliphatic rings. The Bertz CT molecular complexity index is 998. The van der Waals surface area contributed by atoms with E-state index in [0.717, 1.165) is 29.8 Å². The third-order valence-corrected chi connectivity index (χ3v) is 6.48. The van der Waals surface area contributed by atoms with Crippen LogP contribution in [0.1, 0.15) is 52.7 Å². The fourth-order valence-electron chi connectivity index (χ4n) is 4.75. The number of hydrogen-bond donors (Lipinski definition) is 1. The molecule has 5 heteroatoms. The standard InChI is InChI=1S/C25H29N3O2/c1-4-27-13-7-8-19(27)15-26-16-22-20-9-5-6-10-21(20)24(29)28(25(22)30)23-14-17(2)11-12-18(23)3/h5-6,9-12,14,16,19,22H,4,7-8,13,15H2,1-3H3/p+1/t19-,22?/m1/s1. The molecule has 2 unspecified atom stereocenters. The highest BCUT2D eigenvalue weighted by Crippen LogP contribution is 2.33. The molecule has 0 aliphatic carbocycles. The molecule has 0 aromatic heterocycles. The van der Waals surface area contributed by atoms with Crippen LogP contribution in [0, 0.1) is 13.8 Å². The van der Waals surface area contributed by atoms with Crippen molar-refractivity contribution in [1.82, 2.24) is 0 Å². The third kappa shape index (κ3) is 3.70. The number of aryl methyl sites for hydroxylation is 2. The van der Waals surface area contributed by atoms with Gasteiger partial charge in [-0.15, -0.1) is 0 Å². The molecule has 0 bridgehead atoms. The summed E-state index contributed by atoms with van der Waals surface area (Å²) < 4.78 is 0. The van der Waals surface area contributed by atoms with Crippen molar-refractivity contribution >= 4 is 23.7 Å². The van der Waals surface area contributed by atoms with Gasteiger partial charge in [0.2, 0.25) is 5.91 Å². The molecule has 1 N–H and O–H groups in total. The van der Waals surface area contributed by atoms with E-state index in [-0.39, 0.29) is 11.8 Å². The van der Waals surface area contributed by atoms with Crippen LogP contribution >= 0.6 is 0 Å².